The van der Waals surface area contributed by atoms with Crippen LogP contribution in [0.5, 0.6) is 5.75 Å². The molecule has 2 amide bonds. The molecular weight excluding hydrogens is 256 g/mol. The SMILES string of the molecule is CCCCNC(=O)C(=O)NCCc1cccc(OC)c1. The second-order valence-electron chi connectivity index (χ2n) is 4.47. The minimum absolute atomic E-state index is 0.424. The van der Waals surface area contributed by atoms with Crippen molar-refractivity contribution in [3.63, 3.8) is 0 Å². The van der Waals surface area contributed by atoms with Gasteiger partial charge in [0.1, 0.15) is 5.75 Å². The Kier molecular flexibility index (Phi) is 7.17. The first-order chi connectivity index (χ1) is 9.67. The molecule has 0 atom stereocenters. The van der Waals surface area contributed by atoms with Gasteiger partial charge in [-0.3, -0.25) is 9.59 Å². The minimum atomic E-state index is -0.580. The summed E-state index contributed by atoms with van der Waals surface area (Å²) in [6.07, 6.45) is 2.52. The standard InChI is InChI=1S/C15H22N2O3/c1-3-4-9-16-14(18)15(19)17-10-8-12-6-5-7-13(11-12)20-2/h5-7,11H,3-4,8-10H2,1-2H3,(H,16,18)(H,17,19). The minimum Gasteiger partial charge on any atom is -0.497 e. The summed E-state index contributed by atoms with van der Waals surface area (Å²) in [7, 11) is 1.61. The Morgan fingerprint density at radius 1 is 1.15 bits per heavy atom. The summed E-state index contributed by atoms with van der Waals surface area (Å²) in [5.74, 6) is -0.362. The summed E-state index contributed by atoms with van der Waals surface area (Å²) >= 11 is 0. The molecule has 0 aliphatic heterocycles. The quantitative estimate of drug-likeness (QED) is 0.583. The molecule has 2 N–H and O–H groups in total. The number of carbonyl (C=O) groups excluding carboxylic acids is 2. The molecule has 0 saturated heterocycles. The first-order valence-electron chi connectivity index (χ1n) is 6.86. The van der Waals surface area contributed by atoms with Crippen molar-refractivity contribution >= 4 is 11.8 Å². The number of amides is 2. The lowest BCUT2D eigenvalue weighted by Gasteiger charge is -2.07. The number of carbonyl (C=O) groups is 2. The number of nitrogens with one attached hydrogen (secondary N) is 2. The van der Waals surface area contributed by atoms with E-state index in [4.69, 9.17) is 4.74 Å². The first kappa shape index (κ1) is 16.0. The summed E-state index contributed by atoms with van der Waals surface area (Å²) < 4.78 is 5.12. The van der Waals surface area contributed by atoms with E-state index in [2.05, 4.69) is 10.6 Å². The Morgan fingerprint density at radius 3 is 2.50 bits per heavy atom. The third-order valence-electron chi connectivity index (χ3n) is 2.86. The predicted molar refractivity (Wildman–Crippen MR) is 77.6 cm³/mol. The predicted octanol–water partition coefficient (Wildman–Crippen LogP) is 1.27. The zero-order valence-corrected chi connectivity index (χ0v) is 12.1. The molecule has 0 aliphatic rings. The van der Waals surface area contributed by atoms with E-state index in [9.17, 15) is 9.59 Å². The number of rotatable bonds is 7. The second-order valence-corrected chi connectivity index (χ2v) is 4.47. The summed E-state index contributed by atoms with van der Waals surface area (Å²) in [4.78, 5) is 22.9. The Morgan fingerprint density at radius 2 is 1.85 bits per heavy atom. The van der Waals surface area contributed by atoms with Crippen molar-refractivity contribution in [2.45, 2.75) is 26.2 Å². The van der Waals surface area contributed by atoms with E-state index >= 15 is 0 Å². The molecule has 5 nitrogen and oxygen atoms in total. The van der Waals surface area contributed by atoms with Crippen LogP contribution in [0, 0.1) is 0 Å². The maximum atomic E-state index is 11.5. The van der Waals surface area contributed by atoms with Crippen LogP contribution in [0.2, 0.25) is 0 Å². The average molecular weight is 278 g/mol. The van der Waals surface area contributed by atoms with Gasteiger partial charge in [0.25, 0.3) is 0 Å². The van der Waals surface area contributed by atoms with E-state index in [1.165, 1.54) is 0 Å². The van der Waals surface area contributed by atoms with Crippen molar-refractivity contribution < 1.29 is 14.3 Å². The molecule has 0 spiro atoms. The number of benzene rings is 1. The molecule has 1 aromatic carbocycles. The van der Waals surface area contributed by atoms with Crippen LogP contribution in [0.4, 0.5) is 0 Å². The molecule has 0 aliphatic carbocycles. The number of methoxy groups -OCH3 is 1. The van der Waals surface area contributed by atoms with Crippen LogP contribution in [-0.4, -0.2) is 32.0 Å². The van der Waals surface area contributed by atoms with E-state index in [-0.39, 0.29) is 0 Å². The monoisotopic (exact) mass is 278 g/mol. The van der Waals surface area contributed by atoms with Gasteiger partial charge in [0.15, 0.2) is 0 Å². The lowest BCUT2D eigenvalue weighted by Crippen LogP contribution is -2.40. The number of unbranched alkanes of at least 4 members (excludes halogenated alkanes) is 1. The van der Waals surface area contributed by atoms with Gasteiger partial charge in [-0.2, -0.15) is 0 Å². The largest absolute Gasteiger partial charge is 0.497 e. The van der Waals surface area contributed by atoms with E-state index < -0.39 is 11.8 Å². The summed E-state index contributed by atoms with van der Waals surface area (Å²) in [6, 6.07) is 7.63. The zero-order chi connectivity index (χ0) is 14.8. The van der Waals surface area contributed by atoms with Crippen molar-refractivity contribution in [1.82, 2.24) is 10.6 Å². The molecule has 0 aromatic heterocycles. The lowest BCUT2D eigenvalue weighted by atomic mass is 10.1. The number of hydrogen-bond acceptors (Lipinski definition) is 3. The fraction of sp³-hybridized carbons (Fsp3) is 0.467. The fourth-order valence-electron chi connectivity index (χ4n) is 1.69. The highest BCUT2D eigenvalue weighted by molar-refractivity contribution is 6.35. The van der Waals surface area contributed by atoms with Gasteiger partial charge in [0.2, 0.25) is 0 Å². The summed E-state index contributed by atoms with van der Waals surface area (Å²) in [6.45, 7) is 2.99. The first-order valence-corrected chi connectivity index (χ1v) is 6.86. The molecule has 0 unspecified atom stereocenters. The third kappa shape index (κ3) is 5.73. The highest BCUT2D eigenvalue weighted by Gasteiger charge is 2.11. The van der Waals surface area contributed by atoms with Crippen molar-refractivity contribution in [1.29, 1.82) is 0 Å². The Labute approximate surface area is 119 Å². The molecule has 1 rings (SSSR count). The zero-order valence-electron chi connectivity index (χ0n) is 12.1. The maximum absolute atomic E-state index is 11.5. The molecular formula is C15H22N2O3. The molecule has 0 fully saturated rings. The van der Waals surface area contributed by atoms with E-state index in [1.54, 1.807) is 7.11 Å². The molecule has 5 heteroatoms. The Balaban J connectivity index is 2.28. The maximum Gasteiger partial charge on any atom is 0.309 e. The normalized spacial score (nSPS) is 9.90. The van der Waals surface area contributed by atoms with Crippen LogP contribution in [0.15, 0.2) is 24.3 Å². The van der Waals surface area contributed by atoms with Crippen molar-refractivity contribution in [2.24, 2.45) is 0 Å². The lowest BCUT2D eigenvalue weighted by molar-refractivity contribution is -0.139. The van der Waals surface area contributed by atoms with Gasteiger partial charge in [-0.15, -0.1) is 0 Å². The topological polar surface area (TPSA) is 67.4 Å². The molecule has 0 heterocycles. The van der Waals surface area contributed by atoms with Crippen LogP contribution < -0.4 is 15.4 Å². The Bertz CT molecular complexity index is 446. The molecule has 0 bridgehead atoms. The summed E-state index contributed by atoms with van der Waals surface area (Å²) in [5, 5.41) is 5.18. The van der Waals surface area contributed by atoms with Gasteiger partial charge in [-0.1, -0.05) is 25.5 Å². The second kappa shape index (κ2) is 8.96. The number of hydrogen-bond donors (Lipinski definition) is 2. The van der Waals surface area contributed by atoms with E-state index in [0.717, 1.165) is 24.2 Å². The van der Waals surface area contributed by atoms with Gasteiger partial charge in [0.05, 0.1) is 7.11 Å². The molecule has 20 heavy (non-hydrogen) atoms. The van der Waals surface area contributed by atoms with Crippen LogP contribution in [0.25, 0.3) is 0 Å². The van der Waals surface area contributed by atoms with Gasteiger partial charge in [-0.05, 0) is 30.5 Å². The van der Waals surface area contributed by atoms with Crippen molar-refractivity contribution in [3.05, 3.63) is 29.8 Å². The smallest absolute Gasteiger partial charge is 0.309 e. The van der Waals surface area contributed by atoms with E-state index in [1.807, 2.05) is 31.2 Å². The molecule has 110 valence electrons. The van der Waals surface area contributed by atoms with Crippen molar-refractivity contribution in [2.75, 3.05) is 20.2 Å². The third-order valence-corrected chi connectivity index (χ3v) is 2.86. The molecule has 0 saturated carbocycles. The Hall–Kier alpha value is -2.04. The summed E-state index contributed by atoms with van der Waals surface area (Å²) in [5.41, 5.74) is 1.05. The highest BCUT2D eigenvalue weighted by atomic mass is 16.5. The van der Waals surface area contributed by atoms with Crippen LogP contribution in [0.3, 0.4) is 0 Å². The highest BCUT2D eigenvalue weighted by Crippen LogP contribution is 2.12. The van der Waals surface area contributed by atoms with Gasteiger partial charge in [-0.25, -0.2) is 0 Å². The van der Waals surface area contributed by atoms with Gasteiger partial charge < -0.3 is 15.4 Å². The number of ether oxygens (including phenoxy) is 1. The fourth-order valence-corrected chi connectivity index (χ4v) is 1.69. The van der Waals surface area contributed by atoms with Crippen LogP contribution in [-0.2, 0) is 16.0 Å². The van der Waals surface area contributed by atoms with Crippen molar-refractivity contribution in [3.8, 4) is 5.75 Å². The van der Waals surface area contributed by atoms with Crippen LogP contribution in [0.1, 0.15) is 25.3 Å². The van der Waals surface area contributed by atoms with Crippen LogP contribution >= 0.6 is 0 Å². The molecule has 0 radical (unpaired) electrons. The van der Waals surface area contributed by atoms with E-state index in [0.29, 0.717) is 19.5 Å². The van der Waals surface area contributed by atoms with Gasteiger partial charge >= 0.3 is 11.8 Å². The molecule has 1 aromatic rings. The average Bonchev–Trinajstić information content (AvgIpc) is 2.47. The van der Waals surface area contributed by atoms with Gasteiger partial charge in [0, 0.05) is 13.1 Å².